The fourth-order valence-corrected chi connectivity index (χ4v) is 2.90. The average Bonchev–Trinajstić information content (AvgIpc) is 2.37. The number of nitrogens with one attached hydrogen (secondary N) is 1. The van der Waals surface area contributed by atoms with Gasteiger partial charge < -0.3 is 10.2 Å². The van der Waals surface area contributed by atoms with E-state index in [0.717, 1.165) is 11.5 Å². The summed E-state index contributed by atoms with van der Waals surface area (Å²) in [5.74, 6) is 1.87. The Morgan fingerprint density at radius 1 is 1.47 bits per heavy atom. The summed E-state index contributed by atoms with van der Waals surface area (Å²) in [6.45, 7) is 10.2. The van der Waals surface area contributed by atoms with Crippen molar-refractivity contribution in [1.29, 1.82) is 0 Å². The fraction of sp³-hybridized carbons (Fsp3) is 0.714. The summed E-state index contributed by atoms with van der Waals surface area (Å²) in [6, 6.07) is -0.688. The third-order valence-corrected chi connectivity index (χ3v) is 4.23. The van der Waals surface area contributed by atoms with Gasteiger partial charge in [-0.2, -0.15) is 11.8 Å². The van der Waals surface area contributed by atoms with Crippen LogP contribution in [-0.4, -0.2) is 46.8 Å². The Morgan fingerprint density at radius 2 is 2.16 bits per heavy atom. The lowest BCUT2D eigenvalue weighted by Crippen LogP contribution is -2.64. The quantitative estimate of drug-likeness (QED) is 0.571. The molecule has 2 atom stereocenters. The summed E-state index contributed by atoms with van der Waals surface area (Å²) in [5, 5.41) is 2.85. The molecule has 108 valence electrons. The van der Waals surface area contributed by atoms with Crippen LogP contribution in [0.5, 0.6) is 0 Å². The van der Waals surface area contributed by atoms with Gasteiger partial charge >= 0.3 is 0 Å². The summed E-state index contributed by atoms with van der Waals surface area (Å²) in [7, 11) is 0. The highest BCUT2D eigenvalue weighted by atomic mass is 32.2. The zero-order valence-electron chi connectivity index (χ0n) is 12.0. The minimum atomic E-state index is -0.375. The van der Waals surface area contributed by atoms with Crippen molar-refractivity contribution in [1.82, 2.24) is 10.2 Å². The standard InChI is InChI=1S/C14H24N2O2S/c1-5-8-19-9-7-16-11(6-2)13(17)15-12(10(3)4)14(16)18/h5,10-12H,1,6-9H2,2-4H3,(H,15,17). The van der Waals surface area contributed by atoms with E-state index in [1.54, 1.807) is 16.7 Å². The van der Waals surface area contributed by atoms with Gasteiger partial charge in [-0.15, -0.1) is 6.58 Å². The van der Waals surface area contributed by atoms with Crippen molar-refractivity contribution in [2.24, 2.45) is 5.92 Å². The van der Waals surface area contributed by atoms with Gasteiger partial charge in [-0.25, -0.2) is 0 Å². The van der Waals surface area contributed by atoms with Crippen LogP contribution in [0.3, 0.4) is 0 Å². The van der Waals surface area contributed by atoms with Gasteiger partial charge in [-0.05, 0) is 12.3 Å². The molecular formula is C14H24N2O2S. The summed E-state index contributed by atoms with van der Waals surface area (Å²) in [5.41, 5.74) is 0. The minimum Gasteiger partial charge on any atom is -0.342 e. The molecule has 0 aromatic rings. The van der Waals surface area contributed by atoms with Crippen molar-refractivity contribution in [3.05, 3.63) is 12.7 Å². The molecule has 1 N–H and O–H groups in total. The van der Waals surface area contributed by atoms with Crippen molar-refractivity contribution in [3.63, 3.8) is 0 Å². The Kier molecular flexibility index (Phi) is 6.42. The van der Waals surface area contributed by atoms with Crippen LogP contribution in [0.25, 0.3) is 0 Å². The van der Waals surface area contributed by atoms with Gasteiger partial charge in [0.2, 0.25) is 11.8 Å². The second kappa shape index (κ2) is 7.58. The third-order valence-electron chi connectivity index (χ3n) is 3.29. The van der Waals surface area contributed by atoms with Crippen molar-refractivity contribution >= 4 is 23.6 Å². The molecule has 2 unspecified atom stereocenters. The monoisotopic (exact) mass is 284 g/mol. The van der Waals surface area contributed by atoms with E-state index < -0.39 is 0 Å². The van der Waals surface area contributed by atoms with Crippen LogP contribution in [0.15, 0.2) is 12.7 Å². The molecule has 1 fully saturated rings. The number of carbonyl (C=O) groups excluding carboxylic acids is 2. The SMILES string of the molecule is C=CCSCCN1C(=O)C(C(C)C)NC(=O)C1CC. The summed E-state index contributed by atoms with van der Waals surface area (Å²) >= 11 is 1.73. The second-order valence-corrected chi connectivity index (χ2v) is 6.20. The molecular weight excluding hydrogens is 260 g/mol. The Balaban J connectivity index is 2.72. The molecule has 1 saturated heterocycles. The first-order chi connectivity index (χ1) is 9.02. The Labute approximate surface area is 120 Å². The Hall–Kier alpha value is -0.970. The lowest BCUT2D eigenvalue weighted by Gasteiger charge is -2.40. The molecule has 0 spiro atoms. The van der Waals surface area contributed by atoms with Crippen LogP contribution in [0.2, 0.25) is 0 Å². The smallest absolute Gasteiger partial charge is 0.246 e. The molecule has 0 saturated carbocycles. The van der Waals surface area contributed by atoms with E-state index in [9.17, 15) is 9.59 Å². The van der Waals surface area contributed by atoms with E-state index in [2.05, 4.69) is 11.9 Å². The van der Waals surface area contributed by atoms with Gasteiger partial charge in [0.25, 0.3) is 0 Å². The zero-order valence-corrected chi connectivity index (χ0v) is 12.8. The molecule has 1 aliphatic heterocycles. The maximum absolute atomic E-state index is 12.4. The normalized spacial score (nSPS) is 23.7. The number of rotatable bonds is 7. The molecule has 1 heterocycles. The molecule has 1 aliphatic rings. The summed E-state index contributed by atoms with van der Waals surface area (Å²) < 4.78 is 0. The van der Waals surface area contributed by atoms with E-state index in [1.165, 1.54) is 0 Å². The molecule has 0 aliphatic carbocycles. The third kappa shape index (κ3) is 4.00. The van der Waals surface area contributed by atoms with Crippen molar-refractivity contribution in [3.8, 4) is 0 Å². The van der Waals surface area contributed by atoms with Gasteiger partial charge in [-0.1, -0.05) is 26.8 Å². The zero-order chi connectivity index (χ0) is 14.4. The van der Waals surface area contributed by atoms with E-state index in [-0.39, 0.29) is 29.8 Å². The second-order valence-electron chi connectivity index (χ2n) is 5.05. The van der Waals surface area contributed by atoms with Crippen LogP contribution in [-0.2, 0) is 9.59 Å². The molecule has 2 amide bonds. The molecule has 1 rings (SSSR count). The highest BCUT2D eigenvalue weighted by Gasteiger charge is 2.40. The fourth-order valence-electron chi connectivity index (χ4n) is 2.24. The number of carbonyl (C=O) groups is 2. The number of amides is 2. The summed E-state index contributed by atoms with van der Waals surface area (Å²) in [6.07, 6.45) is 2.51. The predicted molar refractivity (Wildman–Crippen MR) is 80.1 cm³/mol. The lowest BCUT2D eigenvalue weighted by molar-refractivity contribution is -0.150. The number of thioether (sulfide) groups is 1. The number of hydrogen-bond donors (Lipinski definition) is 1. The van der Waals surface area contributed by atoms with Crippen LogP contribution in [0, 0.1) is 5.92 Å². The van der Waals surface area contributed by atoms with Crippen molar-refractivity contribution < 1.29 is 9.59 Å². The van der Waals surface area contributed by atoms with E-state index in [0.29, 0.717) is 13.0 Å². The molecule has 5 heteroatoms. The highest BCUT2D eigenvalue weighted by Crippen LogP contribution is 2.18. The maximum Gasteiger partial charge on any atom is 0.246 e. The molecule has 0 radical (unpaired) electrons. The lowest BCUT2D eigenvalue weighted by atomic mass is 9.97. The first-order valence-corrected chi connectivity index (χ1v) is 7.97. The van der Waals surface area contributed by atoms with E-state index in [4.69, 9.17) is 0 Å². The first kappa shape index (κ1) is 16.1. The van der Waals surface area contributed by atoms with Gasteiger partial charge in [0.05, 0.1) is 0 Å². The molecule has 4 nitrogen and oxygen atoms in total. The molecule has 0 aromatic carbocycles. The van der Waals surface area contributed by atoms with E-state index >= 15 is 0 Å². The topological polar surface area (TPSA) is 49.4 Å². The number of nitrogens with zero attached hydrogens (tertiary/aromatic N) is 1. The van der Waals surface area contributed by atoms with Gasteiger partial charge in [0.1, 0.15) is 12.1 Å². The van der Waals surface area contributed by atoms with Gasteiger partial charge in [-0.3, -0.25) is 9.59 Å². The minimum absolute atomic E-state index is 0.0190. The average molecular weight is 284 g/mol. The van der Waals surface area contributed by atoms with Gasteiger partial charge in [0, 0.05) is 18.1 Å². The number of hydrogen-bond acceptors (Lipinski definition) is 3. The van der Waals surface area contributed by atoms with Crippen LogP contribution in [0.1, 0.15) is 27.2 Å². The number of piperazine rings is 1. The molecule has 19 heavy (non-hydrogen) atoms. The predicted octanol–water partition coefficient (Wildman–Crippen LogP) is 1.67. The molecule has 0 aromatic heterocycles. The van der Waals surface area contributed by atoms with E-state index in [1.807, 2.05) is 26.8 Å². The Morgan fingerprint density at radius 3 is 2.68 bits per heavy atom. The first-order valence-electron chi connectivity index (χ1n) is 6.82. The Bertz CT molecular complexity index is 344. The largest absolute Gasteiger partial charge is 0.342 e. The summed E-state index contributed by atoms with van der Waals surface area (Å²) in [4.78, 5) is 26.2. The van der Waals surface area contributed by atoms with Crippen molar-refractivity contribution in [2.45, 2.75) is 39.3 Å². The van der Waals surface area contributed by atoms with Crippen LogP contribution >= 0.6 is 11.8 Å². The molecule has 0 bridgehead atoms. The van der Waals surface area contributed by atoms with Gasteiger partial charge in [0.15, 0.2) is 0 Å². The maximum atomic E-state index is 12.4. The van der Waals surface area contributed by atoms with Crippen LogP contribution < -0.4 is 5.32 Å². The van der Waals surface area contributed by atoms with Crippen molar-refractivity contribution in [2.75, 3.05) is 18.1 Å². The highest BCUT2D eigenvalue weighted by molar-refractivity contribution is 7.99. The van der Waals surface area contributed by atoms with Crippen LogP contribution in [0.4, 0.5) is 0 Å².